The van der Waals surface area contributed by atoms with Gasteiger partial charge < -0.3 is 10.5 Å². The number of hydrogen-bond acceptors (Lipinski definition) is 8. The molecule has 0 spiro atoms. The first-order valence-corrected chi connectivity index (χ1v) is 10.1. The summed E-state index contributed by atoms with van der Waals surface area (Å²) in [4.78, 5) is 28.3. The van der Waals surface area contributed by atoms with Gasteiger partial charge in [0.2, 0.25) is 5.95 Å². The van der Waals surface area contributed by atoms with Gasteiger partial charge in [0.15, 0.2) is 5.82 Å². The molecule has 0 aliphatic heterocycles. The zero-order valence-corrected chi connectivity index (χ0v) is 17.7. The van der Waals surface area contributed by atoms with Gasteiger partial charge in [-0.05, 0) is 38.8 Å². The Hall–Kier alpha value is -3.83. The van der Waals surface area contributed by atoms with E-state index in [2.05, 4.69) is 25.0 Å². The summed E-state index contributed by atoms with van der Waals surface area (Å²) in [6, 6.07) is 2.48. The van der Waals surface area contributed by atoms with E-state index in [-0.39, 0.29) is 34.9 Å². The first-order chi connectivity index (χ1) is 15.6. The van der Waals surface area contributed by atoms with Crippen molar-refractivity contribution in [2.24, 2.45) is 0 Å². The number of pyridine rings is 1. The highest BCUT2D eigenvalue weighted by Gasteiger charge is 2.35. The highest BCUT2D eigenvalue weighted by Crippen LogP contribution is 2.41. The maximum Gasteiger partial charge on any atom is 0.433 e. The fraction of sp³-hybridized carbons (Fsp3) is 0.333. The monoisotopic (exact) mass is 459 g/mol. The Morgan fingerprint density at radius 2 is 1.91 bits per heavy atom. The van der Waals surface area contributed by atoms with Gasteiger partial charge in [0.1, 0.15) is 12.0 Å². The standard InChI is InChI=1S/C21H20F3N7O2/c1-11(2)33-19(32)15(14-7-26-20(25)27-8-14)9-31-10-28-18(30-31)13-5-16(12-3-4-12)29-17(6-13)21(22,23)24/h5-12H,3-4H2,1-2H3,(H2,25,26,27)/b15-9+. The third-order valence-electron chi connectivity index (χ3n) is 4.70. The number of carbonyl (C=O) groups is 1. The molecule has 1 saturated carbocycles. The number of nitrogen functional groups attached to an aromatic ring is 1. The molecule has 3 aromatic rings. The average Bonchev–Trinajstić information content (AvgIpc) is 3.49. The molecule has 0 bridgehead atoms. The van der Waals surface area contributed by atoms with E-state index in [9.17, 15) is 18.0 Å². The highest BCUT2D eigenvalue weighted by molar-refractivity contribution is 6.20. The Kier molecular flexibility index (Phi) is 5.83. The Bertz CT molecular complexity index is 1200. The molecule has 1 aliphatic rings. The van der Waals surface area contributed by atoms with E-state index in [1.807, 2.05) is 0 Å². The molecule has 0 atom stereocenters. The molecule has 3 aromatic heterocycles. The molecule has 0 radical (unpaired) electrons. The first kappa shape index (κ1) is 22.4. The summed E-state index contributed by atoms with van der Waals surface area (Å²) in [5.41, 5.74) is 5.48. The third kappa shape index (κ3) is 5.33. The predicted octanol–water partition coefficient (Wildman–Crippen LogP) is 3.56. The summed E-state index contributed by atoms with van der Waals surface area (Å²) in [5.74, 6) is -0.556. The van der Waals surface area contributed by atoms with Crippen LogP contribution in [0.1, 0.15) is 49.6 Å². The van der Waals surface area contributed by atoms with Crippen molar-refractivity contribution in [2.75, 3.05) is 5.73 Å². The number of ether oxygens (including phenoxy) is 1. The van der Waals surface area contributed by atoms with Gasteiger partial charge in [0.25, 0.3) is 0 Å². The minimum Gasteiger partial charge on any atom is -0.459 e. The third-order valence-corrected chi connectivity index (χ3v) is 4.70. The van der Waals surface area contributed by atoms with Crippen molar-refractivity contribution in [1.82, 2.24) is 29.7 Å². The van der Waals surface area contributed by atoms with Crippen LogP contribution < -0.4 is 5.73 Å². The lowest BCUT2D eigenvalue weighted by Crippen LogP contribution is -2.14. The Morgan fingerprint density at radius 3 is 2.52 bits per heavy atom. The van der Waals surface area contributed by atoms with Crippen molar-refractivity contribution < 1.29 is 22.7 Å². The number of aromatic nitrogens is 6. The van der Waals surface area contributed by atoms with Crippen LogP contribution in [0.2, 0.25) is 0 Å². The minimum atomic E-state index is -4.59. The number of halogens is 3. The smallest absolute Gasteiger partial charge is 0.433 e. The SMILES string of the molecule is CC(C)OC(=O)/C(=C/n1cnc(-c2cc(C3CC3)nc(C(F)(F)F)c2)n1)c1cnc(N)nc1. The van der Waals surface area contributed by atoms with E-state index in [4.69, 9.17) is 10.5 Å². The van der Waals surface area contributed by atoms with Gasteiger partial charge in [-0.1, -0.05) is 0 Å². The summed E-state index contributed by atoms with van der Waals surface area (Å²) in [5, 5.41) is 4.23. The molecule has 0 amide bonds. The quantitative estimate of drug-likeness (QED) is 0.439. The normalized spacial score (nSPS) is 14.5. The zero-order chi connectivity index (χ0) is 23.8. The van der Waals surface area contributed by atoms with Gasteiger partial charge in [0, 0.05) is 41.3 Å². The first-order valence-electron chi connectivity index (χ1n) is 10.1. The van der Waals surface area contributed by atoms with Gasteiger partial charge >= 0.3 is 12.1 Å². The second-order valence-electron chi connectivity index (χ2n) is 7.81. The number of anilines is 1. The van der Waals surface area contributed by atoms with E-state index in [1.165, 1.54) is 29.6 Å². The lowest BCUT2D eigenvalue weighted by atomic mass is 10.1. The predicted molar refractivity (Wildman–Crippen MR) is 112 cm³/mol. The van der Waals surface area contributed by atoms with E-state index in [1.54, 1.807) is 19.9 Å². The van der Waals surface area contributed by atoms with Gasteiger partial charge in [-0.2, -0.15) is 13.2 Å². The van der Waals surface area contributed by atoms with Crippen LogP contribution in [0.25, 0.3) is 23.2 Å². The lowest BCUT2D eigenvalue weighted by molar-refractivity contribution is -0.141. The fourth-order valence-electron chi connectivity index (χ4n) is 3.02. The maximum absolute atomic E-state index is 13.3. The minimum absolute atomic E-state index is 0.0101. The molecule has 1 aliphatic carbocycles. The molecule has 12 heteroatoms. The number of rotatable bonds is 6. The van der Waals surface area contributed by atoms with Crippen molar-refractivity contribution in [3.8, 4) is 11.4 Å². The Morgan fingerprint density at radius 1 is 1.21 bits per heavy atom. The molecule has 0 unspecified atom stereocenters. The van der Waals surface area contributed by atoms with E-state index < -0.39 is 17.8 Å². The number of alkyl halides is 3. The topological polar surface area (TPSA) is 122 Å². The molecule has 9 nitrogen and oxygen atoms in total. The van der Waals surface area contributed by atoms with Gasteiger partial charge in [-0.3, -0.25) is 0 Å². The van der Waals surface area contributed by atoms with Crippen LogP contribution in [-0.2, 0) is 15.7 Å². The highest BCUT2D eigenvalue weighted by atomic mass is 19.4. The zero-order valence-electron chi connectivity index (χ0n) is 17.7. The maximum atomic E-state index is 13.3. The summed E-state index contributed by atoms with van der Waals surface area (Å²) < 4.78 is 46.5. The fourth-order valence-corrected chi connectivity index (χ4v) is 3.02. The summed E-state index contributed by atoms with van der Waals surface area (Å²) in [6.45, 7) is 3.39. The van der Waals surface area contributed by atoms with Crippen molar-refractivity contribution in [2.45, 2.75) is 44.9 Å². The van der Waals surface area contributed by atoms with E-state index >= 15 is 0 Å². The largest absolute Gasteiger partial charge is 0.459 e. The van der Waals surface area contributed by atoms with Crippen molar-refractivity contribution >= 4 is 23.7 Å². The Balaban J connectivity index is 1.72. The number of nitrogens with two attached hydrogens (primary N) is 1. The molecule has 3 heterocycles. The van der Waals surface area contributed by atoms with Crippen LogP contribution in [0.15, 0.2) is 30.9 Å². The lowest BCUT2D eigenvalue weighted by Gasteiger charge is -2.11. The van der Waals surface area contributed by atoms with Crippen LogP contribution in [-0.4, -0.2) is 41.8 Å². The molecular formula is C21H20F3N7O2. The molecule has 1 fully saturated rings. The molecule has 172 valence electrons. The molecule has 33 heavy (non-hydrogen) atoms. The van der Waals surface area contributed by atoms with Gasteiger partial charge in [-0.15, -0.1) is 5.10 Å². The number of hydrogen-bond donors (Lipinski definition) is 1. The molecule has 0 aromatic carbocycles. The van der Waals surface area contributed by atoms with Crippen LogP contribution in [0.3, 0.4) is 0 Å². The Labute approximate surface area is 186 Å². The molecule has 2 N–H and O–H groups in total. The van der Waals surface area contributed by atoms with Crippen LogP contribution in [0, 0.1) is 0 Å². The van der Waals surface area contributed by atoms with Gasteiger partial charge in [-0.25, -0.2) is 29.4 Å². The van der Waals surface area contributed by atoms with Crippen molar-refractivity contribution in [3.63, 3.8) is 0 Å². The molecule has 0 saturated heterocycles. The van der Waals surface area contributed by atoms with Crippen molar-refractivity contribution in [1.29, 1.82) is 0 Å². The summed E-state index contributed by atoms with van der Waals surface area (Å²) in [7, 11) is 0. The summed E-state index contributed by atoms with van der Waals surface area (Å²) in [6.07, 6.45) is 1.93. The second kappa shape index (κ2) is 8.60. The number of carbonyl (C=O) groups excluding carboxylic acids is 1. The molecular weight excluding hydrogens is 439 g/mol. The van der Waals surface area contributed by atoms with Gasteiger partial charge in [0.05, 0.1) is 11.7 Å². The van der Waals surface area contributed by atoms with Crippen LogP contribution in [0.5, 0.6) is 0 Å². The van der Waals surface area contributed by atoms with Crippen LogP contribution in [0.4, 0.5) is 19.1 Å². The second-order valence-corrected chi connectivity index (χ2v) is 7.81. The van der Waals surface area contributed by atoms with Crippen LogP contribution >= 0.6 is 0 Å². The average molecular weight is 459 g/mol. The number of esters is 1. The van der Waals surface area contributed by atoms with E-state index in [0.717, 1.165) is 18.9 Å². The number of nitrogens with zero attached hydrogens (tertiary/aromatic N) is 6. The molecule has 4 rings (SSSR count). The van der Waals surface area contributed by atoms with E-state index in [0.29, 0.717) is 11.3 Å². The van der Waals surface area contributed by atoms with Crippen molar-refractivity contribution in [3.05, 3.63) is 47.8 Å². The summed E-state index contributed by atoms with van der Waals surface area (Å²) >= 11 is 0.